The summed E-state index contributed by atoms with van der Waals surface area (Å²) in [5.74, 6) is -0.635. The number of hydrogen-bond acceptors (Lipinski definition) is 2. The molecule has 2 rings (SSSR count). The fourth-order valence-corrected chi connectivity index (χ4v) is 1.56. The van der Waals surface area contributed by atoms with Gasteiger partial charge < -0.3 is 5.11 Å². The van der Waals surface area contributed by atoms with Crippen molar-refractivity contribution in [3.05, 3.63) is 71.8 Å². The molecule has 3 nitrogen and oxygen atoms in total. The van der Waals surface area contributed by atoms with Gasteiger partial charge in [-0.25, -0.2) is 0 Å². The SMILES string of the molecule is CCCC(=O)O.O=C(c1ccccc1)c1ccccc1. The van der Waals surface area contributed by atoms with Crippen LogP contribution in [0.15, 0.2) is 60.7 Å². The largest absolute Gasteiger partial charge is 0.481 e. The molecule has 0 amide bonds. The molecule has 104 valence electrons. The third-order valence-corrected chi connectivity index (χ3v) is 2.54. The van der Waals surface area contributed by atoms with E-state index in [1.165, 1.54) is 0 Å². The topological polar surface area (TPSA) is 54.4 Å². The lowest BCUT2D eigenvalue weighted by Gasteiger charge is -1.99. The van der Waals surface area contributed by atoms with Gasteiger partial charge in [0.15, 0.2) is 5.78 Å². The van der Waals surface area contributed by atoms with E-state index in [0.717, 1.165) is 17.5 Å². The molecular weight excluding hydrogens is 252 g/mol. The minimum atomic E-state index is -0.711. The quantitative estimate of drug-likeness (QED) is 0.860. The highest BCUT2D eigenvalue weighted by Crippen LogP contribution is 2.08. The van der Waals surface area contributed by atoms with Crippen LogP contribution in [0.4, 0.5) is 0 Å². The normalized spacial score (nSPS) is 9.25. The Kier molecular flexibility index (Phi) is 6.76. The molecule has 0 saturated heterocycles. The molecule has 0 aliphatic carbocycles. The van der Waals surface area contributed by atoms with Gasteiger partial charge in [0.05, 0.1) is 0 Å². The van der Waals surface area contributed by atoms with Gasteiger partial charge in [-0.1, -0.05) is 67.6 Å². The molecule has 0 bridgehead atoms. The molecule has 2 aromatic carbocycles. The molecule has 0 atom stereocenters. The Labute approximate surface area is 118 Å². The van der Waals surface area contributed by atoms with Crippen LogP contribution >= 0.6 is 0 Å². The lowest BCUT2D eigenvalue weighted by Crippen LogP contribution is -1.99. The number of carbonyl (C=O) groups excluding carboxylic acids is 1. The Morgan fingerprint density at radius 2 is 1.25 bits per heavy atom. The minimum absolute atomic E-state index is 0.0752. The van der Waals surface area contributed by atoms with Crippen LogP contribution in [0.5, 0.6) is 0 Å². The molecule has 0 heterocycles. The van der Waals surface area contributed by atoms with Crippen molar-refractivity contribution in [3.8, 4) is 0 Å². The van der Waals surface area contributed by atoms with Crippen molar-refractivity contribution in [1.29, 1.82) is 0 Å². The molecule has 2 aromatic rings. The van der Waals surface area contributed by atoms with E-state index < -0.39 is 5.97 Å². The van der Waals surface area contributed by atoms with E-state index >= 15 is 0 Å². The Morgan fingerprint density at radius 1 is 0.850 bits per heavy atom. The highest BCUT2D eigenvalue weighted by atomic mass is 16.4. The van der Waals surface area contributed by atoms with Crippen molar-refractivity contribution >= 4 is 11.8 Å². The Bertz CT molecular complexity index is 491. The standard InChI is InChI=1S/C13H10O.C4H8O2/c14-13(11-7-3-1-4-8-11)12-9-5-2-6-10-12;1-2-3-4(5)6/h1-10H;2-3H2,1H3,(H,5,6). The van der Waals surface area contributed by atoms with Crippen LogP contribution in [0.3, 0.4) is 0 Å². The predicted octanol–water partition coefficient (Wildman–Crippen LogP) is 3.79. The van der Waals surface area contributed by atoms with Crippen molar-refractivity contribution in [3.63, 3.8) is 0 Å². The van der Waals surface area contributed by atoms with Gasteiger partial charge in [-0.2, -0.15) is 0 Å². The average Bonchev–Trinajstić information content (AvgIpc) is 2.49. The lowest BCUT2D eigenvalue weighted by atomic mass is 10.0. The number of carbonyl (C=O) groups is 2. The molecule has 0 spiro atoms. The number of carboxylic acid groups (broad SMARTS) is 1. The summed E-state index contributed by atoms with van der Waals surface area (Å²) >= 11 is 0. The van der Waals surface area contributed by atoms with E-state index in [-0.39, 0.29) is 5.78 Å². The maximum Gasteiger partial charge on any atom is 0.303 e. The minimum Gasteiger partial charge on any atom is -0.481 e. The summed E-state index contributed by atoms with van der Waals surface area (Å²) in [6.45, 7) is 1.84. The monoisotopic (exact) mass is 270 g/mol. The fraction of sp³-hybridized carbons (Fsp3) is 0.176. The van der Waals surface area contributed by atoms with Crippen LogP contribution < -0.4 is 0 Å². The maximum atomic E-state index is 11.8. The van der Waals surface area contributed by atoms with E-state index in [1.54, 1.807) is 0 Å². The smallest absolute Gasteiger partial charge is 0.303 e. The van der Waals surface area contributed by atoms with Crippen LogP contribution in [0.25, 0.3) is 0 Å². The van der Waals surface area contributed by atoms with Gasteiger partial charge in [0.2, 0.25) is 0 Å². The van der Waals surface area contributed by atoms with Crippen LogP contribution in [0, 0.1) is 0 Å². The zero-order chi connectivity index (χ0) is 14.8. The first kappa shape index (κ1) is 15.6. The van der Waals surface area contributed by atoms with Gasteiger partial charge in [-0.3, -0.25) is 9.59 Å². The maximum absolute atomic E-state index is 11.8. The molecule has 0 aliphatic rings. The Balaban J connectivity index is 0.000000286. The highest BCUT2D eigenvalue weighted by Gasteiger charge is 2.06. The second kappa shape index (κ2) is 8.64. The number of rotatable bonds is 4. The molecule has 20 heavy (non-hydrogen) atoms. The third kappa shape index (κ3) is 5.48. The number of benzene rings is 2. The van der Waals surface area contributed by atoms with Gasteiger partial charge >= 0.3 is 5.97 Å². The summed E-state index contributed by atoms with van der Waals surface area (Å²) in [5.41, 5.74) is 1.47. The van der Waals surface area contributed by atoms with Gasteiger partial charge in [-0.15, -0.1) is 0 Å². The summed E-state index contributed by atoms with van der Waals surface area (Å²) in [7, 11) is 0. The van der Waals surface area contributed by atoms with E-state index in [0.29, 0.717) is 6.42 Å². The zero-order valence-corrected chi connectivity index (χ0v) is 11.5. The summed E-state index contributed by atoms with van der Waals surface area (Å²) < 4.78 is 0. The summed E-state index contributed by atoms with van der Waals surface area (Å²) in [4.78, 5) is 21.4. The van der Waals surface area contributed by atoms with Gasteiger partial charge in [-0.05, 0) is 6.42 Å². The van der Waals surface area contributed by atoms with Crippen molar-refractivity contribution in [1.82, 2.24) is 0 Å². The third-order valence-electron chi connectivity index (χ3n) is 2.54. The first-order valence-corrected chi connectivity index (χ1v) is 6.51. The predicted molar refractivity (Wildman–Crippen MR) is 78.9 cm³/mol. The summed E-state index contributed by atoms with van der Waals surface area (Å²) in [6.07, 6.45) is 1.02. The van der Waals surface area contributed by atoms with Crippen molar-refractivity contribution < 1.29 is 14.7 Å². The molecule has 3 heteroatoms. The fourth-order valence-electron chi connectivity index (χ4n) is 1.56. The molecule has 0 aliphatic heterocycles. The zero-order valence-electron chi connectivity index (χ0n) is 11.5. The first-order chi connectivity index (χ1) is 9.65. The van der Waals surface area contributed by atoms with Crippen molar-refractivity contribution in [2.45, 2.75) is 19.8 Å². The van der Waals surface area contributed by atoms with E-state index in [4.69, 9.17) is 5.11 Å². The van der Waals surface area contributed by atoms with Gasteiger partial charge in [0, 0.05) is 17.5 Å². The van der Waals surface area contributed by atoms with E-state index in [2.05, 4.69) is 0 Å². The first-order valence-electron chi connectivity index (χ1n) is 6.51. The van der Waals surface area contributed by atoms with Gasteiger partial charge in [0.1, 0.15) is 0 Å². The summed E-state index contributed by atoms with van der Waals surface area (Å²) in [6, 6.07) is 18.6. The van der Waals surface area contributed by atoms with Crippen LogP contribution in [0.2, 0.25) is 0 Å². The second-order valence-corrected chi connectivity index (χ2v) is 4.20. The molecule has 0 unspecified atom stereocenters. The Hall–Kier alpha value is -2.42. The second-order valence-electron chi connectivity index (χ2n) is 4.20. The highest BCUT2D eigenvalue weighted by molar-refractivity contribution is 6.08. The van der Waals surface area contributed by atoms with Crippen LogP contribution in [0.1, 0.15) is 35.7 Å². The summed E-state index contributed by atoms with van der Waals surface area (Å²) in [5, 5.41) is 7.91. The van der Waals surface area contributed by atoms with Crippen molar-refractivity contribution in [2.24, 2.45) is 0 Å². The van der Waals surface area contributed by atoms with E-state index in [9.17, 15) is 9.59 Å². The number of aliphatic carboxylic acids is 1. The Morgan fingerprint density at radius 3 is 1.50 bits per heavy atom. The van der Waals surface area contributed by atoms with Crippen LogP contribution in [-0.4, -0.2) is 16.9 Å². The number of ketones is 1. The molecule has 0 radical (unpaired) electrons. The molecule has 0 saturated carbocycles. The molecule has 1 N–H and O–H groups in total. The lowest BCUT2D eigenvalue weighted by molar-refractivity contribution is -0.137. The van der Waals surface area contributed by atoms with Gasteiger partial charge in [0.25, 0.3) is 0 Å². The van der Waals surface area contributed by atoms with Crippen molar-refractivity contribution in [2.75, 3.05) is 0 Å². The molecular formula is C17H18O3. The number of carboxylic acids is 1. The van der Waals surface area contributed by atoms with Crippen LogP contribution in [-0.2, 0) is 4.79 Å². The average molecular weight is 270 g/mol. The molecule has 0 fully saturated rings. The van der Waals surface area contributed by atoms with E-state index in [1.807, 2.05) is 67.6 Å². The molecule has 0 aromatic heterocycles. The number of hydrogen-bond donors (Lipinski definition) is 1.